The molecule has 0 aromatic heterocycles. The number of nitrogens with zero attached hydrogens (tertiary/aromatic N) is 2. The van der Waals surface area contributed by atoms with Gasteiger partial charge in [-0.25, -0.2) is 0 Å². The molecule has 2 amide bonds. The smallest absolute Gasteiger partial charge is 0.311 e. The molecular formula is C13H26N4O2. The zero-order valence-corrected chi connectivity index (χ0v) is 12.1. The van der Waals surface area contributed by atoms with Gasteiger partial charge in [0.25, 0.3) is 0 Å². The molecule has 0 aromatic rings. The number of likely N-dealkylation sites (N-methyl/N-ethyl adjacent to an activating group) is 1. The Kier molecular flexibility index (Phi) is 7.43. The molecule has 0 bridgehead atoms. The first-order valence-electron chi connectivity index (χ1n) is 7.11. The maximum absolute atomic E-state index is 11.7. The summed E-state index contributed by atoms with van der Waals surface area (Å²) in [5.74, 6) is -0.928. The van der Waals surface area contributed by atoms with Gasteiger partial charge >= 0.3 is 11.8 Å². The molecule has 0 spiro atoms. The van der Waals surface area contributed by atoms with Crippen LogP contribution in [0.15, 0.2) is 0 Å². The molecule has 110 valence electrons. The molecule has 0 aromatic carbocycles. The van der Waals surface area contributed by atoms with E-state index in [2.05, 4.69) is 22.5 Å². The number of rotatable bonds is 6. The molecule has 0 atom stereocenters. The molecule has 2 N–H and O–H groups in total. The van der Waals surface area contributed by atoms with Gasteiger partial charge in [0.1, 0.15) is 0 Å². The fourth-order valence-electron chi connectivity index (χ4n) is 2.01. The van der Waals surface area contributed by atoms with Crippen molar-refractivity contribution in [1.82, 2.24) is 20.4 Å². The second-order valence-corrected chi connectivity index (χ2v) is 4.93. The summed E-state index contributed by atoms with van der Waals surface area (Å²) in [6.45, 7) is 8.03. The van der Waals surface area contributed by atoms with Gasteiger partial charge in [-0.05, 0) is 6.42 Å². The molecule has 1 saturated heterocycles. The van der Waals surface area contributed by atoms with Gasteiger partial charge in [-0.2, -0.15) is 0 Å². The molecule has 0 saturated carbocycles. The van der Waals surface area contributed by atoms with Crippen molar-refractivity contribution in [2.24, 2.45) is 0 Å². The number of unbranched alkanes of at least 4 members (excludes halogenated alkanes) is 1. The Balaban J connectivity index is 2.16. The highest BCUT2D eigenvalue weighted by atomic mass is 16.2. The van der Waals surface area contributed by atoms with Crippen LogP contribution < -0.4 is 10.6 Å². The van der Waals surface area contributed by atoms with E-state index in [1.807, 2.05) is 0 Å². The van der Waals surface area contributed by atoms with E-state index in [0.717, 1.165) is 45.6 Å². The minimum atomic E-state index is -0.492. The van der Waals surface area contributed by atoms with Crippen LogP contribution in [0.1, 0.15) is 19.8 Å². The average molecular weight is 270 g/mol. The average Bonchev–Trinajstić information content (AvgIpc) is 2.44. The van der Waals surface area contributed by atoms with Crippen molar-refractivity contribution < 1.29 is 9.59 Å². The number of hydrogen-bond acceptors (Lipinski definition) is 4. The first-order chi connectivity index (χ1) is 9.15. The van der Waals surface area contributed by atoms with Crippen LogP contribution in [0.25, 0.3) is 0 Å². The van der Waals surface area contributed by atoms with Crippen LogP contribution in [0.2, 0.25) is 0 Å². The molecule has 6 heteroatoms. The molecular weight excluding hydrogens is 244 g/mol. The molecule has 1 fully saturated rings. The first-order valence-corrected chi connectivity index (χ1v) is 7.11. The van der Waals surface area contributed by atoms with Crippen LogP contribution in [-0.4, -0.2) is 74.5 Å². The van der Waals surface area contributed by atoms with Gasteiger partial charge in [0.05, 0.1) is 0 Å². The molecule has 1 aliphatic heterocycles. The fraction of sp³-hybridized carbons (Fsp3) is 0.846. The summed E-state index contributed by atoms with van der Waals surface area (Å²) in [6.07, 6.45) is 1.94. The second kappa shape index (κ2) is 8.87. The van der Waals surface area contributed by atoms with E-state index < -0.39 is 11.8 Å². The van der Waals surface area contributed by atoms with Gasteiger partial charge in [-0.15, -0.1) is 0 Å². The van der Waals surface area contributed by atoms with E-state index in [4.69, 9.17) is 0 Å². The minimum Gasteiger partial charge on any atom is -0.347 e. The zero-order chi connectivity index (χ0) is 14.1. The number of piperazine rings is 1. The Labute approximate surface area is 115 Å². The van der Waals surface area contributed by atoms with Crippen LogP contribution >= 0.6 is 0 Å². The van der Waals surface area contributed by atoms with E-state index in [1.54, 1.807) is 7.05 Å². The normalized spacial score (nSPS) is 16.1. The molecule has 0 unspecified atom stereocenters. The highest BCUT2D eigenvalue weighted by molar-refractivity contribution is 6.34. The largest absolute Gasteiger partial charge is 0.347 e. The summed E-state index contributed by atoms with van der Waals surface area (Å²) in [7, 11) is 1.67. The first kappa shape index (κ1) is 15.9. The Hall–Kier alpha value is -1.14. The molecule has 6 nitrogen and oxygen atoms in total. The van der Waals surface area contributed by atoms with Gasteiger partial charge in [-0.1, -0.05) is 13.3 Å². The number of nitrogens with one attached hydrogen (secondary N) is 2. The van der Waals surface area contributed by atoms with Gasteiger partial charge in [0, 0.05) is 52.9 Å². The van der Waals surface area contributed by atoms with Crippen molar-refractivity contribution in [3.05, 3.63) is 0 Å². The minimum absolute atomic E-state index is 0.436. The number of carbonyl (C=O) groups is 2. The monoisotopic (exact) mass is 270 g/mol. The van der Waals surface area contributed by atoms with E-state index in [9.17, 15) is 9.59 Å². The van der Waals surface area contributed by atoms with Crippen molar-refractivity contribution in [2.45, 2.75) is 19.8 Å². The second-order valence-electron chi connectivity index (χ2n) is 4.93. The molecule has 0 aliphatic carbocycles. The summed E-state index contributed by atoms with van der Waals surface area (Å²) in [4.78, 5) is 27.1. The van der Waals surface area contributed by atoms with Crippen LogP contribution in [0.4, 0.5) is 0 Å². The summed E-state index contributed by atoms with van der Waals surface area (Å²) in [5, 5.41) is 5.97. The van der Waals surface area contributed by atoms with Gasteiger partial charge < -0.3 is 15.5 Å². The lowest BCUT2D eigenvalue weighted by atomic mass is 10.3. The van der Waals surface area contributed by atoms with Crippen LogP contribution in [0.5, 0.6) is 0 Å². The Bertz CT molecular complexity index is 290. The van der Waals surface area contributed by atoms with Gasteiger partial charge in [0.2, 0.25) is 0 Å². The predicted molar refractivity (Wildman–Crippen MR) is 74.9 cm³/mol. The maximum Gasteiger partial charge on any atom is 0.311 e. The fourth-order valence-corrected chi connectivity index (χ4v) is 2.01. The molecule has 0 radical (unpaired) electrons. The Morgan fingerprint density at radius 2 is 2.00 bits per heavy atom. The Morgan fingerprint density at radius 3 is 2.63 bits per heavy atom. The number of hydrogen-bond donors (Lipinski definition) is 2. The summed E-state index contributed by atoms with van der Waals surface area (Å²) < 4.78 is 0. The highest BCUT2D eigenvalue weighted by Crippen LogP contribution is 1.93. The van der Waals surface area contributed by atoms with Crippen molar-refractivity contribution in [3.8, 4) is 0 Å². The summed E-state index contributed by atoms with van der Waals surface area (Å²) in [6, 6.07) is 0. The maximum atomic E-state index is 11.7. The number of carbonyl (C=O) groups excluding carboxylic acids is 2. The van der Waals surface area contributed by atoms with E-state index in [-0.39, 0.29) is 0 Å². The van der Waals surface area contributed by atoms with Crippen molar-refractivity contribution in [2.75, 3.05) is 52.9 Å². The SMILES string of the molecule is CCCCN(C)C(=O)C(=O)NCCN1CCNCC1. The van der Waals surface area contributed by atoms with E-state index in [1.165, 1.54) is 4.90 Å². The van der Waals surface area contributed by atoms with E-state index >= 15 is 0 Å². The molecule has 1 heterocycles. The third-order valence-electron chi connectivity index (χ3n) is 3.31. The lowest BCUT2D eigenvalue weighted by Crippen LogP contribution is -2.48. The quantitative estimate of drug-likeness (QED) is 0.624. The van der Waals surface area contributed by atoms with Crippen LogP contribution in [-0.2, 0) is 9.59 Å². The van der Waals surface area contributed by atoms with Crippen LogP contribution in [0.3, 0.4) is 0 Å². The highest BCUT2D eigenvalue weighted by Gasteiger charge is 2.18. The summed E-state index contributed by atoms with van der Waals surface area (Å²) in [5.41, 5.74) is 0. The zero-order valence-electron chi connectivity index (χ0n) is 12.1. The standard InChI is InChI=1S/C13H26N4O2/c1-3-4-8-16(2)13(19)12(18)15-7-11-17-9-5-14-6-10-17/h14H,3-11H2,1-2H3,(H,15,18). The van der Waals surface area contributed by atoms with Gasteiger partial charge in [-0.3, -0.25) is 14.5 Å². The molecule has 1 aliphatic rings. The molecule has 19 heavy (non-hydrogen) atoms. The van der Waals surface area contributed by atoms with E-state index in [0.29, 0.717) is 13.1 Å². The summed E-state index contributed by atoms with van der Waals surface area (Å²) >= 11 is 0. The van der Waals surface area contributed by atoms with Gasteiger partial charge in [0.15, 0.2) is 0 Å². The third kappa shape index (κ3) is 6.02. The molecule has 1 rings (SSSR count). The van der Waals surface area contributed by atoms with Crippen LogP contribution in [0, 0.1) is 0 Å². The van der Waals surface area contributed by atoms with Crippen molar-refractivity contribution >= 4 is 11.8 Å². The van der Waals surface area contributed by atoms with Crippen molar-refractivity contribution in [3.63, 3.8) is 0 Å². The lowest BCUT2D eigenvalue weighted by Gasteiger charge is -2.27. The van der Waals surface area contributed by atoms with Crippen molar-refractivity contribution in [1.29, 1.82) is 0 Å². The topological polar surface area (TPSA) is 64.7 Å². The third-order valence-corrected chi connectivity index (χ3v) is 3.31. The predicted octanol–water partition coefficient (Wildman–Crippen LogP) is -0.734. The Morgan fingerprint density at radius 1 is 1.32 bits per heavy atom. The number of amides is 2. The lowest BCUT2D eigenvalue weighted by molar-refractivity contribution is -0.145.